The van der Waals surface area contributed by atoms with Gasteiger partial charge < -0.3 is 14.8 Å². The number of para-hydroxylation sites is 1. The molecule has 4 nitrogen and oxygen atoms in total. The number of rotatable bonds is 7. The zero-order chi connectivity index (χ0) is 32.8. The summed E-state index contributed by atoms with van der Waals surface area (Å²) >= 11 is 0. The maximum absolute atomic E-state index is 15.8. The molecule has 0 spiro atoms. The second-order valence-corrected chi connectivity index (χ2v) is 11.2. The zero-order valence-corrected chi connectivity index (χ0v) is 25.2. The van der Waals surface area contributed by atoms with Crippen molar-refractivity contribution in [3.8, 4) is 0 Å². The van der Waals surface area contributed by atoms with Gasteiger partial charge in [0.25, 0.3) is 0 Å². The van der Waals surface area contributed by atoms with Crippen molar-refractivity contribution in [2.45, 2.75) is 19.3 Å². The number of anilines is 2. The van der Waals surface area contributed by atoms with Crippen LogP contribution in [0.3, 0.4) is 0 Å². The van der Waals surface area contributed by atoms with E-state index in [4.69, 9.17) is 0 Å². The number of likely N-dealkylation sites (N-methyl/N-ethyl adjacent to an activating group) is 1. The molecule has 0 atom stereocenters. The van der Waals surface area contributed by atoms with Gasteiger partial charge in [0.15, 0.2) is 23.3 Å². The first-order valence-corrected chi connectivity index (χ1v) is 14.1. The average Bonchev–Trinajstić information content (AvgIpc) is 3.04. The summed E-state index contributed by atoms with van der Waals surface area (Å²) in [6.07, 6.45) is 10.2. The second kappa shape index (κ2) is 11.7. The van der Waals surface area contributed by atoms with E-state index in [0.717, 1.165) is 17.1 Å². The number of carbonyl (C=O) groups is 1. The summed E-state index contributed by atoms with van der Waals surface area (Å²) in [6, 6.07) is 14.8. The van der Waals surface area contributed by atoms with Gasteiger partial charge in [-0.05, 0) is 52.6 Å². The highest BCUT2D eigenvalue weighted by Crippen LogP contribution is 2.52. The molecule has 0 bridgehead atoms. The standard InChI is InChI=1S/C37H30F4N2O2/c1-7-12-21(8-2)42(5)23-15-17-25-27(19-23)37(3,4)28-20-24(43(6)22-13-10-9-11-14-22)16-18-26(28)29(25)30-31(36(44)45)33(39)35(41)34(40)32(30)38/h7-20H,1-2H2,3-6H3/b21-12+. The predicted molar refractivity (Wildman–Crippen MR) is 167 cm³/mol. The van der Waals surface area contributed by atoms with E-state index in [9.17, 15) is 18.7 Å². The Kier molecular flexibility index (Phi) is 8.10. The quantitative estimate of drug-likeness (QED) is 0.0928. The molecule has 0 radical (unpaired) electrons. The van der Waals surface area contributed by atoms with Crippen LogP contribution in [0.4, 0.5) is 28.9 Å². The molecule has 0 saturated carbocycles. The topological polar surface area (TPSA) is 46.4 Å². The first-order valence-electron chi connectivity index (χ1n) is 14.1. The van der Waals surface area contributed by atoms with Crippen LogP contribution in [-0.4, -0.2) is 30.4 Å². The van der Waals surface area contributed by atoms with Crippen molar-refractivity contribution in [3.63, 3.8) is 0 Å². The summed E-state index contributed by atoms with van der Waals surface area (Å²) in [5.74, 6) is -10.4. The van der Waals surface area contributed by atoms with Gasteiger partial charge in [-0.1, -0.05) is 57.3 Å². The molecule has 228 valence electrons. The minimum absolute atomic E-state index is 0.0949. The first-order chi connectivity index (χ1) is 21.3. The molecule has 2 aliphatic carbocycles. The number of hydrogen-bond acceptors (Lipinski definition) is 3. The lowest BCUT2D eigenvalue weighted by Crippen LogP contribution is -2.32. The summed E-state index contributed by atoms with van der Waals surface area (Å²) in [6.45, 7) is 11.5. The van der Waals surface area contributed by atoms with Gasteiger partial charge in [0, 0.05) is 64.8 Å². The van der Waals surface area contributed by atoms with E-state index in [1.165, 1.54) is 0 Å². The summed E-state index contributed by atoms with van der Waals surface area (Å²) < 4.78 is 61.9. The van der Waals surface area contributed by atoms with Gasteiger partial charge in [0.2, 0.25) is 11.4 Å². The van der Waals surface area contributed by atoms with E-state index in [-0.39, 0.29) is 5.57 Å². The lowest BCUT2D eigenvalue weighted by atomic mass is 9.64. The molecule has 0 amide bonds. The minimum Gasteiger partial charge on any atom is -0.545 e. The number of carboxylic acid groups (broad SMARTS) is 1. The Balaban J connectivity index is 1.90. The fraction of sp³-hybridized carbons (Fsp3) is 0.135. The van der Waals surface area contributed by atoms with Crippen molar-refractivity contribution in [1.82, 2.24) is 0 Å². The van der Waals surface area contributed by atoms with E-state index in [1.807, 2.05) is 79.9 Å². The van der Waals surface area contributed by atoms with Crippen molar-refractivity contribution in [3.05, 3.63) is 161 Å². The van der Waals surface area contributed by atoms with Gasteiger partial charge in [-0.15, -0.1) is 0 Å². The lowest BCUT2D eigenvalue weighted by Gasteiger charge is -2.40. The lowest BCUT2D eigenvalue weighted by molar-refractivity contribution is -0.436. The number of nitrogens with zero attached hydrogens (tertiary/aromatic N) is 2. The number of carbonyl (C=O) groups excluding carboxylic acids is 1. The third kappa shape index (κ3) is 5.06. The predicted octanol–water partition coefficient (Wildman–Crippen LogP) is 7.30. The van der Waals surface area contributed by atoms with Gasteiger partial charge >= 0.3 is 0 Å². The minimum atomic E-state index is -2.23. The number of carboxylic acids is 1. The van der Waals surface area contributed by atoms with E-state index in [2.05, 4.69) is 13.2 Å². The Bertz CT molecular complexity index is 1950. The highest BCUT2D eigenvalue weighted by atomic mass is 19.2. The van der Waals surface area contributed by atoms with E-state index >= 15 is 8.78 Å². The second-order valence-electron chi connectivity index (χ2n) is 11.2. The molecule has 0 saturated heterocycles. The van der Waals surface area contributed by atoms with Gasteiger partial charge in [-0.3, -0.25) is 0 Å². The molecule has 0 unspecified atom stereocenters. The molecule has 0 fully saturated rings. The molecule has 0 N–H and O–H groups in total. The van der Waals surface area contributed by atoms with E-state index in [0.29, 0.717) is 28.0 Å². The Morgan fingerprint density at radius 1 is 0.933 bits per heavy atom. The highest BCUT2D eigenvalue weighted by Gasteiger charge is 2.41. The molecule has 3 aromatic carbocycles. The van der Waals surface area contributed by atoms with Crippen molar-refractivity contribution in [1.29, 1.82) is 0 Å². The molecule has 0 heterocycles. The molecule has 45 heavy (non-hydrogen) atoms. The summed E-state index contributed by atoms with van der Waals surface area (Å²) in [5.41, 5.74) is 1.77. The monoisotopic (exact) mass is 610 g/mol. The Morgan fingerprint density at radius 2 is 1.60 bits per heavy atom. The van der Waals surface area contributed by atoms with Gasteiger partial charge in [-0.2, -0.15) is 4.58 Å². The molecule has 0 aromatic heterocycles. The Hall–Kier alpha value is -5.24. The fourth-order valence-corrected chi connectivity index (χ4v) is 5.96. The smallest absolute Gasteiger partial charge is 0.205 e. The van der Waals surface area contributed by atoms with Crippen LogP contribution in [0, 0.1) is 23.3 Å². The third-order valence-corrected chi connectivity index (χ3v) is 8.42. The molecule has 2 aliphatic rings. The molecular weight excluding hydrogens is 580 g/mol. The van der Waals surface area contributed by atoms with Crippen LogP contribution < -0.4 is 10.0 Å². The number of fused-ring (bicyclic) bond motifs is 2. The van der Waals surface area contributed by atoms with Crippen LogP contribution in [0.5, 0.6) is 0 Å². The highest BCUT2D eigenvalue weighted by molar-refractivity contribution is 6.08. The summed E-state index contributed by atoms with van der Waals surface area (Å²) in [7, 11) is 3.69. The van der Waals surface area contributed by atoms with Crippen LogP contribution in [0.2, 0.25) is 0 Å². The average molecular weight is 611 g/mol. The third-order valence-electron chi connectivity index (χ3n) is 8.42. The summed E-state index contributed by atoms with van der Waals surface area (Å²) in [4.78, 5) is 14.1. The van der Waals surface area contributed by atoms with Crippen molar-refractivity contribution >= 4 is 28.6 Å². The van der Waals surface area contributed by atoms with Crippen LogP contribution in [0.25, 0.3) is 5.57 Å². The number of halogens is 4. The first kappa shape index (κ1) is 31.2. The van der Waals surface area contributed by atoms with Gasteiger partial charge in [-0.25, -0.2) is 17.6 Å². The summed E-state index contributed by atoms with van der Waals surface area (Å²) in [5, 5.41) is 12.2. The van der Waals surface area contributed by atoms with Crippen molar-refractivity contribution in [2.75, 3.05) is 19.0 Å². The maximum atomic E-state index is 15.8. The number of aromatic carboxylic acids is 1. The molecule has 0 aliphatic heterocycles. The SMILES string of the molecule is C=C/C=C(\C=C)[N+](C)=C1C=CC2=C(c3c(F)c(F)c(F)c(F)c3C(=O)[O-])c3ccc(N(C)c4ccccc4)cc3C(C)(C)C2=C1. The maximum Gasteiger partial charge on any atom is 0.205 e. The normalized spacial score (nSPS) is 16.4. The van der Waals surface area contributed by atoms with Crippen LogP contribution in [-0.2, 0) is 5.41 Å². The van der Waals surface area contributed by atoms with Crippen LogP contribution >= 0.6 is 0 Å². The van der Waals surface area contributed by atoms with Crippen LogP contribution in [0.15, 0.2) is 115 Å². The Labute approximate surface area is 259 Å². The van der Waals surface area contributed by atoms with Crippen molar-refractivity contribution in [2.24, 2.45) is 0 Å². The number of allylic oxidation sites excluding steroid dienone is 8. The van der Waals surface area contributed by atoms with E-state index in [1.54, 1.807) is 42.5 Å². The van der Waals surface area contributed by atoms with Crippen molar-refractivity contribution < 1.29 is 32.0 Å². The molecular formula is C37H30F4N2O2. The molecule has 5 rings (SSSR count). The zero-order valence-electron chi connectivity index (χ0n) is 25.2. The molecule has 8 heteroatoms. The fourth-order valence-electron chi connectivity index (χ4n) is 5.96. The number of hydrogen-bond donors (Lipinski definition) is 0. The van der Waals surface area contributed by atoms with E-state index < -0.39 is 45.8 Å². The molecule has 3 aromatic rings. The van der Waals surface area contributed by atoms with Gasteiger partial charge in [0.1, 0.15) is 7.05 Å². The van der Waals surface area contributed by atoms with Gasteiger partial charge in [0.05, 0.1) is 5.97 Å². The van der Waals surface area contributed by atoms with Crippen LogP contribution in [0.1, 0.15) is 40.9 Å². The largest absolute Gasteiger partial charge is 0.545 e. The number of benzene rings is 3. The Morgan fingerprint density at radius 3 is 2.22 bits per heavy atom.